The summed E-state index contributed by atoms with van der Waals surface area (Å²) in [4.78, 5) is 48.6. The van der Waals surface area contributed by atoms with Crippen molar-refractivity contribution in [2.45, 2.75) is 38.5 Å². The molecule has 0 radical (unpaired) electrons. The summed E-state index contributed by atoms with van der Waals surface area (Å²) in [6.07, 6.45) is 2.57. The number of esters is 1. The number of aromatic nitrogens is 1. The number of aldehydes is 1. The minimum atomic E-state index is -1.19. The molecule has 1 aliphatic heterocycles. The van der Waals surface area contributed by atoms with Gasteiger partial charge in [-0.3, -0.25) is 19.2 Å². The van der Waals surface area contributed by atoms with Crippen molar-refractivity contribution in [1.82, 2.24) is 9.58 Å². The van der Waals surface area contributed by atoms with Crippen molar-refractivity contribution in [3.63, 3.8) is 0 Å². The summed E-state index contributed by atoms with van der Waals surface area (Å²) in [6, 6.07) is 1.23. The zero-order chi connectivity index (χ0) is 23.4. The van der Waals surface area contributed by atoms with E-state index in [-0.39, 0.29) is 17.6 Å². The number of carbonyl (C=O) groups is 3. The first-order chi connectivity index (χ1) is 14.9. The maximum Gasteiger partial charge on any atom is 0.512 e. The fraction of sp³-hybridized carbons (Fsp3) is 0.500. The van der Waals surface area contributed by atoms with Gasteiger partial charge < -0.3 is 24.4 Å². The lowest BCUT2D eigenvalue weighted by atomic mass is 10.1. The van der Waals surface area contributed by atoms with Gasteiger partial charge >= 0.3 is 12.1 Å². The van der Waals surface area contributed by atoms with Crippen LogP contribution in [0.1, 0.15) is 36.7 Å². The highest BCUT2D eigenvalue weighted by Crippen LogP contribution is 2.16. The zero-order valence-electron chi connectivity index (χ0n) is 18.0. The topological polar surface area (TPSA) is 125 Å². The van der Waals surface area contributed by atoms with Gasteiger partial charge in [0.2, 0.25) is 12.2 Å². The molecule has 2 atom stereocenters. The Morgan fingerprint density at radius 2 is 2.06 bits per heavy atom. The minimum absolute atomic E-state index is 0.0103. The summed E-state index contributed by atoms with van der Waals surface area (Å²) in [5.74, 6) is -1.03. The van der Waals surface area contributed by atoms with Gasteiger partial charge in [-0.05, 0) is 39.8 Å². The Bertz CT molecular complexity index is 810. The molecule has 11 heteroatoms. The molecule has 0 spiro atoms. The Morgan fingerprint density at radius 3 is 2.68 bits per heavy atom. The van der Waals surface area contributed by atoms with Crippen LogP contribution < -0.4 is 15.6 Å². The lowest BCUT2D eigenvalue weighted by Gasteiger charge is -2.34. The van der Waals surface area contributed by atoms with Gasteiger partial charge in [0.25, 0.3) is 0 Å². The van der Waals surface area contributed by atoms with Gasteiger partial charge in [-0.15, -0.1) is 13.2 Å². The van der Waals surface area contributed by atoms with Crippen molar-refractivity contribution in [2.24, 2.45) is 0 Å². The second-order valence-corrected chi connectivity index (χ2v) is 6.44. The standard InChI is InChI=1S/C18H25N3O8.C2H4/c1-12(17(24)26-3)29-18(25)28-11-27-16-13(10-22)21(9-7-14(16)23)19-15-6-4-5-8-20(15)2;1-2/h7,9-10,12,15,19H,4-6,8,11H2,1-3H3;1-2H2/t12-,15?;/m1./s1. The number of likely N-dealkylation sites (tertiary alicyclic amines) is 1. The van der Waals surface area contributed by atoms with Crippen LogP contribution in [-0.4, -0.2) is 67.8 Å². The molecule has 1 aliphatic rings. The second-order valence-electron chi connectivity index (χ2n) is 6.44. The summed E-state index contributed by atoms with van der Waals surface area (Å²) in [5, 5.41) is 0. The predicted octanol–water partition coefficient (Wildman–Crippen LogP) is 1.50. The quantitative estimate of drug-likeness (QED) is 0.276. The van der Waals surface area contributed by atoms with Gasteiger partial charge in [0.05, 0.1) is 13.3 Å². The first-order valence-corrected chi connectivity index (χ1v) is 9.59. The normalized spacial score (nSPS) is 16.7. The van der Waals surface area contributed by atoms with Crippen molar-refractivity contribution in [1.29, 1.82) is 0 Å². The van der Waals surface area contributed by atoms with Crippen LogP contribution in [0.25, 0.3) is 0 Å². The van der Waals surface area contributed by atoms with E-state index < -0.39 is 30.5 Å². The molecule has 1 fully saturated rings. The molecule has 0 amide bonds. The van der Waals surface area contributed by atoms with Gasteiger partial charge in [-0.25, -0.2) is 9.59 Å². The molecule has 11 nitrogen and oxygen atoms in total. The number of piperidine rings is 1. The average Bonchev–Trinajstić information content (AvgIpc) is 2.77. The van der Waals surface area contributed by atoms with Crippen LogP contribution in [0, 0.1) is 0 Å². The fourth-order valence-corrected chi connectivity index (χ4v) is 2.83. The molecule has 0 bridgehead atoms. The molecule has 1 N–H and O–H groups in total. The lowest BCUT2D eigenvalue weighted by Crippen LogP contribution is -2.45. The van der Waals surface area contributed by atoms with Crippen LogP contribution in [0.5, 0.6) is 5.75 Å². The number of nitrogens with zero attached hydrogens (tertiary/aromatic N) is 2. The van der Waals surface area contributed by atoms with Crippen molar-refractivity contribution in [3.8, 4) is 5.75 Å². The molecule has 2 rings (SSSR count). The van der Waals surface area contributed by atoms with Crippen molar-refractivity contribution < 1.29 is 33.3 Å². The smallest absolute Gasteiger partial charge is 0.466 e. The predicted molar refractivity (Wildman–Crippen MR) is 112 cm³/mol. The average molecular weight is 439 g/mol. The third-order valence-corrected chi connectivity index (χ3v) is 4.45. The van der Waals surface area contributed by atoms with E-state index in [0.29, 0.717) is 6.29 Å². The van der Waals surface area contributed by atoms with Crippen molar-refractivity contribution >= 4 is 18.4 Å². The Kier molecular flexibility index (Phi) is 10.8. The molecule has 2 heterocycles. The van der Waals surface area contributed by atoms with E-state index in [0.717, 1.165) is 32.9 Å². The summed E-state index contributed by atoms with van der Waals surface area (Å²) in [5.41, 5.74) is 2.57. The number of methoxy groups -OCH3 is 1. The van der Waals surface area contributed by atoms with Crippen LogP contribution in [0.15, 0.2) is 30.2 Å². The lowest BCUT2D eigenvalue weighted by molar-refractivity contribution is -0.151. The van der Waals surface area contributed by atoms with Crippen LogP contribution in [0.4, 0.5) is 4.79 Å². The van der Waals surface area contributed by atoms with E-state index in [1.54, 1.807) is 0 Å². The first kappa shape index (κ1) is 25.7. The van der Waals surface area contributed by atoms with E-state index in [4.69, 9.17) is 4.74 Å². The van der Waals surface area contributed by atoms with Crippen LogP contribution in [0.2, 0.25) is 0 Å². The Hall–Kier alpha value is -3.34. The van der Waals surface area contributed by atoms with Crippen LogP contribution in [0.3, 0.4) is 0 Å². The number of pyridine rings is 1. The number of hydrogen-bond donors (Lipinski definition) is 1. The Balaban J connectivity index is 0.00000233. The Morgan fingerprint density at radius 1 is 1.35 bits per heavy atom. The summed E-state index contributed by atoms with van der Waals surface area (Å²) < 4.78 is 20.4. The molecule has 172 valence electrons. The van der Waals surface area contributed by atoms with E-state index in [1.165, 1.54) is 23.9 Å². The monoisotopic (exact) mass is 439 g/mol. The van der Waals surface area contributed by atoms with E-state index in [1.807, 2.05) is 7.05 Å². The van der Waals surface area contributed by atoms with Crippen molar-refractivity contribution in [2.75, 3.05) is 32.9 Å². The summed E-state index contributed by atoms with van der Waals surface area (Å²) in [6.45, 7) is 7.54. The van der Waals surface area contributed by atoms with E-state index in [9.17, 15) is 19.2 Å². The highest BCUT2D eigenvalue weighted by molar-refractivity contribution is 5.77. The second kappa shape index (κ2) is 13.1. The zero-order valence-corrected chi connectivity index (χ0v) is 18.0. The highest BCUT2D eigenvalue weighted by Gasteiger charge is 2.22. The number of hydrogen-bond acceptors (Lipinski definition) is 10. The van der Waals surface area contributed by atoms with E-state index in [2.05, 4.69) is 37.7 Å². The number of ether oxygens (including phenoxy) is 4. The largest absolute Gasteiger partial charge is 0.512 e. The molecule has 1 unspecified atom stereocenters. The summed E-state index contributed by atoms with van der Waals surface area (Å²) in [7, 11) is 3.11. The van der Waals surface area contributed by atoms with E-state index >= 15 is 0 Å². The maximum atomic E-state index is 12.1. The van der Waals surface area contributed by atoms with Gasteiger partial charge in [0.15, 0.2) is 18.1 Å². The van der Waals surface area contributed by atoms with Gasteiger partial charge in [-0.1, -0.05) is 0 Å². The molecule has 31 heavy (non-hydrogen) atoms. The number of rotatable bonds is 8. The molecule has 0 aliphatic carbocycles. The third-order valence-electron chi connectivity index (χ3n) is 4.45. The maximum absolute atomic E-state index is 12.1. The molecule has 1 saturated heterocycles. The van der Waals surface area contributed by atoms with Crippen LogP contribution in [-0.2, 0) is 19.0 Å². The molecule has 0 saturated carbocycles. The third kappa shape index (κ3) is 7.45. The minimum Gasteiger partial charge on any atom is -0.466 e. The molecular formula is C20H29N3O8. The molecule has 1 aromatic heterocycles. The highest BCUT2D eigenvalue weighted by atomic mass is 16.8. The number of carbonyl (C=O) groups excluding carboxylic acids is 3. The van der Waals surface area contributed by atoms with Crippen molar-refractivity contribution in [3.05, 3.63) is 41.3 Å². The van der Waals surface area contributed by atoms with Gasteiger partial charge in [-0.2, -0.15) is 0 Å². The van der Waals surface area contributed by atoms with Crippen LogP contribution >= 0.6 is 0 Å². The fourth-order valence-electron chi connectivity index (χ4n) is 2.83. The first-order valence-electron chi connectivity index (χ1n) is 9.59. The molecular weight excluding hydrogens is 410 g/mol. The molecule has 0 aromatic carbocycles. The SMILES string of the molecule is C=C.COC(=O)[C@@H](C)OC(=O)OCOc1c(C=O)n(NC2CCCCN2C)ccc1=O. The summed E-state index contributed by atoms with van der Waals surface area (Å²) >= 11 is 0. The van der Waals surface area contributed by atoms with Gasteiger partial charge in [0, 0.05) is 12.3 Å². The number of nitrogens with one attached hydrogen (secondary N) is 1. The molecule has 1 aromatic rings. The Labute approximate surface area is 180 Å². The van der Waals surface area contributed by atoms with Gasteiger partial charge in [0.1, 0.15) is 5.69 Å².